The van der Waals surface area contributed by atoms with Gasteiger partial charge in [0.2, 0.25) is 11.5 Å². The number of fused-ring (bicyclic) bond motifs is 3. The molecule has 11 heteroatoms. The number of hydrogen-bond donors (Lipinski definition) is 2. The van der Waals surface area contributed by atoms with E-state index in [1.54, 1.807) is 54.6 Å². The molecule has 0 aliphatic carbocycles. The van der Waals surface area contributed by atoms with Crippen molar-refractivity contribution in [1.82, 2.24) is 9.97 Å². The molecule has 0 bridgehead atoms. The van der Waals surface area contributed by atoms with Crippen LogP contribution in [-0.2, 0) is 4.74 Å². The van der Waals surface area contributed by atoms with Gasteiger partial charge in [0.05, 0.1) is 39.4 Å². The van der Waals surface area contributed by atoms with Crippen LogP contribution in [0.3, 0.4) is 0 Å². The van der Waals surface area contributed by atoms with Crippen molar-refractivity contribution >= 4 is 51.1 Å². The third-order valence-corrected chi connectivity index (χ3v) is 6.02. The highest BCUT2D eigenvalue weighted by Crippen LogP contribution is 2.38. The van der Waals surface area contributed by atoms with Gasteiger partial charge in [-0.15, -0.1) is 0 Å². The number of hydrogen-bond acceptors (Lipinski definition) is 10. The van der Waals surface area contributed by atoms with Crippen LogP contribution in [0.25, 0.3) is 22.1 Å². The topological polar surface area (TPSA) is 134 Å². The lowest BCUT2D eigenvalue weighted by atomic mass is 10.1. The molecule has 1 amide bonds. The zero-order valence-electron chi connectivity index (χ0n) is 21.5. The van der Waals surface area contributed by atoms with Crippen LogP contribution in [0.15, 0.2) is 65.3 Å². The fourth-order valence-electron chi connectivity index (χ4n) is 4.14. The average molecular weight is 529 g/mol. The van der Waals surface area contributed by atoms with Crippen molar-refractivity contribution in [1.29, 1.82) is 0 Å². The van der Waals surface area contributed by atoms with Crippen LogP contribution < -0.4 is 24.8 Å². The molecule has 198 valence electrons. The molecule has 3 aromatic carbocycles. The lowest BCUT2D eigenvalue weighted by Crippen LogP contribution is -2.12. The van der Waals surface area contributed by atoms with Gasteiger partial charge in [-0.05, 0) is 54.6 Å². The predicted octanol–water partition coefficient (Wildman–Crippen LogP) is 5.18. The molecule has 11 nitrogen and oxygen atoms in total. The Labute approximate surface area is 222 Å². The Kier molecular flexibility index (Phi) is 6.87. The van der Waals surface area contributed by atoms with E-state index in [0.29, 0.717) is 67.6 Å². The highest BCUT2D eigenvalue weighted by Gasteiger charge is 2.18. The number of furan rings is 1. The number of rotatable bonds is 8. The molecule has 2 heterocycles. The van der Waals surface area contributed by atoms with E-state index in [0.717, 1.165) is 0 Å². The van der Waals surface area contributed by atoms with E-state index < -0.39 is 5.97 Å². The van der Waals surface area contributed by atoms with Crippen molar-refractivity contribution in [3.05, 3.63) is 72.1 Å². The summed E-state index contributed by atoms with van der Waals surface area (Å²) in [7, 11) is 5.80. The molecule has 0 atom stereocenters. The Morgan fingerprint density at radius 3 is 2.13 bits per heavy atom. The molecule has 0 aliphatic rings. The van der Waals surface area contributed by atoms with Gasteiger partial charge in [0.15, 0.2) is 11.5 Å². The van der Waals surface area contributed by atoms with E-state index in [1.165, 1.54) is 34.8 Å². The summed E-state index contributed by atoms with van der Waals surface area (Å²) < 4.78 is 26.7. The van der Waals surface area contributed by atoms with Gasteiger partial charge in [-0.3, -0.25) is 4.79 Å². The molecule has 2 aromatic heterocycles. The molecular formula is C28H24N4O7. The van der Waals surface area contributed by atoms with Crippen LogP contribution in [0, 0.1) is 0 Å². The fraction of sp³-hybridized carbons (Fsp3) is 0.143. The Bertz CT molecular complexity index is 1670. The number of amides is 1. The molecule has 0 saturated heterocycles. The van der Waals surface area contributed by atoms with E-state index in [1.807, 2.05) is 0 Å². The molecule has 0 unspecified atom stereocenters. The van der Waals surface area contributed by atoms with Gasteiger partial charge < -0.3 is 34.0 Å². The molecule has 0 spiro atoms. The molecule has 0 radical (unpaired) electrons. The highest BCUT2D eigenvalue weighted by molar-refractivity contribution is 6.11. The van der Waals surface area contributed by atoms with E-state index in [-0.39, 0.29) is 5.91 Å². The van der Waals surface area contributed by atoms with Crippen molar-refractivity contribution in [3.8, 4) is 17.2 Å². The van der Waals surface area contributed by atoms with Crippen LogP contribution in [0.5, 0.6) is 17.2 Å². The van der Waals surface area contributed by atoms with Gasteiger partial charge in [0.1, 0.15) is 17.7 Å². The largest absolute Gasteiger partial charge is 0.493 e. The Hall–Kier alpha value is -5.32. The molecule has 0 aliphatic heterocycles. The summed E-state index contributed by atoms with van der Waals surface area (Å²) in [6.45, 7) is 0. The summed E-state index contributed by atoms with van der Waals surface area (Å²) in [6, 6.07) is 15.2. The van der Waals surface area contributed by atoms with Crippen molar-refractivity contribution < 1.29 is 33.0 Å². The molecule has 0 saturated carbocycles. The molecule has 5 rings (SSSR count). The Morgan fingerprint density at radius 1 is 0.795 bits per heavy atom. The van der Waals surface area contributed by atoms with E-state index in [2.05, 4.69) is 20.6 Å². The molecule has 5 aromatic rings. The van der Waals surface area contributed by atoms with Gasteiger partial charge in [0, 0.05) is 22.3 Å². The summed E-state index contributed by atoms with van der Waals surface area (Å²) >= 11 is 0. The third-order valence-electron chi connectivity index (χ3n) is 6.02. The van der Waals surface area contributed by atoms with E-state index in [9.17, 15) is 9.59 Å². The number of anilines is 3. The maximum absolute atomic E-state index is 12.9. The Morgan fingerprint density at radius 2 is 1.49 bits per heavy atom. The van der Waals surface area contributed by atoms with Crippen molar-refractivity contribution in [2.45, 2.75) is 0 Å². The quantitative estimate of drug-likeness (QED) is 0.259. The summed E-state index contributed by atoms with van der Waals surface area (Å²) in [4.78, 5) is 33.6. The minimum atomic E-state index is -0.457. The number of methoxy groups -OCH3 is 4. The molecular weight excluding hydrogens is 504 g/mol. The number of nitrogens with zero attached hydrogens (tertiary/aromatic N) is 2. The zero-order chi connectivity index (χ0) is 27.5. The van der Waals surface area contributed by atoms with Gasteiger partial charge >= 0.3 is 5.97 Å². The number of carbonyl (C=O) groups excluding carboxylic acids is 2. The van der Waals surface area contributed by atoms with E-state index >= 15 is 0 Å². The number of carbonyl (C=O) groups is 2. The third kappa shape index (κ3) is 4.85. The van der Waals surface area contributed by atoms with Crippen molar-refractivity contribution in [2.75, 3.05) is 39.1 Å². The number of nitrogens with one attached hydrogen (secondary N) is 2. The maximum Gasteiger partial charge on any atom is 0.337 e. The van der Waals surface area contributed by atoms with Gasteiger partial charge in [0.25, 0.3) is 5.91 Å². The normalized spacial score (nSPS) is 10.8. The van der Waals surface area contributed by atoms with Crippen molar-refractivity contribution in [3.63, 3.8) is 0 Å². The minimum Gasteiger partial charge on any atom is -0.493 e. The SMILES string of the molecule is COC(=O)c1ccc2oc3ncnc(Nc4ccc(NC(=O)c5cc(OC)c(OC)c(OC)c5)cc4)c3c2c1. The second-order valence-corrected chi connectivity index (χ2v) is 8.28. The predicted molar refractivity (Wildman–Crippen MR) is 144 cm³/mol. The first-order valence-electron chi connectivity index (χ1n) is 11.7. The van der Waals surface area contributed by atoms with Gasteiger partial charge in [-0.1, -0.05) is 0 Å². The second-order valence-electron chi connectivity index (χ2n) is 8.28. The van der Waals surface area contributed by atoms with Crippen LogP contribution in [0.1, 0.15) is 20.7 Å². The van der Waals surface area contributed by atoms with E-state index in [4.69, 9.17) is 23.4 Å². The second kappa shape index (κ2) is 10.6. The van der Waals surface area contributed by atoms with Crippen LogP contribution in [-0.4, -0.2) is 50.3 Å². The van der Waals surface area contributed by atoms with Crippen LogP contribution in [0.2, 0.25) is 0 Å². The molecule has 0 fully saturated rings. The first kappa shape index (κ1) is 25.3. The van der Waals surface area contributed by atoms with Crippen LogP contribution >= 0.6 is 0 Å². The lowest BCUT2D eigenvalue weighted by Gasteiger charge is -2.14. The zero-order valence-corrected chi connectivity index (χ0v) is 21.5. The summed E-state index contributed by atoms with van der Waals surface area (Å²) in [5, 5.41) is 7.41. The molecule has 2 N–H and O–H groups in total. The number of esters is 1. The first-order valence-corrected chi connectivity index (χ1v) is 11.7. The van der Waals surface area contributed by atoms with Crippen LogP contribution in [0.4, 0.5) is 17.2 Å². The first-order chi connectivity index (χ1) is 18.9. The summed E-state index contributed by atoms with van der Waals surface area (Å²) in [5.41, 5.74) is 2.94. The minimum absolute atomic E-state index is 0.341. The standard InChI is InChI=1S/C28H24N4O7/c1-35-21-12-16(13-22(36-2)24(21)37-3)26(33)32-18-8-6-17(7-9-18)31-25-23-19-11-15(28(34)38-4)5-10-20(19)39-27(23)30-14-29-25/h5-14H,1-4H3,(H,32,33)(H,29,30,31). The number of benzene rings is 3. The molecule has 39 heavy (non-hydrogen) atoms. The lowest BCUT2D eigenvalue weighted by molar-refractivity contribution is 0.0600. The monoisotopic (exact) mass is 528 g/mol. The summed E-state index contributed by atoms with van der Waals surface area (Å²) in [5.74, 6) is 0.847. The Balaban J connectivity index is 1.39. The average Bonchev–Trinajstić information content (AvgIpc) is 3.35. The summed E-state index contributed by atoms with van der Waals surface area (Å²) in [6.07, 6.45) is 1.39. The van der Waals surface area contributed by atoms with Gasteiger partial charge in [-0.25, -0.2) is 14.8 Å². The number of aromatic nitrogens is 2. The maximum atomic E-state index is 12.9. The van der Waals surface area contributed by atoms with Gasteiger partial charge in [-0.2, -0.15) is 0 Å². The smallest absolute Gasteiger partial charge is 0.337 e. The highest BCUT2D eigenvalue weighted by atomic mass is 16.5. The van der Waals surface area contributed by atoms with Crippen molar-refractivity contribution in [2.24, 2.45) is 0 Å². The number of ether oxygens (including phenoxy) is 4. The fourth-order valence-corrected chi connectivity index (χ4v) is 4.14.